The lowest BCUT2D eigenvalue weighted by Gasteiger charge is -2.34. The summed E-state index contributed by atoms with van der Waals surface area (Å²) in [5.41, 5.74) is 8.16. The molecule has 0 nitrogen and oxygen atoms in total. The Balaban J connectivity index is 2.01. The van der Waals surface area contributed by atoms with Gasteiger partial charge in [-0.2, -0.15) is 0 Å². The summed E-state index contributed by atoms with van der Waals surface area (Å²) >= 11 is 0. The van der Waals surface area contributed by atoms with E-state index >= 15 is 0 Å². The van der Waals surface area contributed by atoms with Gasteiger partial charge in [-0.15, -0.1) is 0 Å². The highest BCUT2D eigenvalue weighted by molar-refractivity contribution is 5.74. The van der Waals surface area contributed by atoms with E-state index < -0.39 is 0 Å². The molecule has 146 valence electrons. The third-order valence-electron chi connectivity index (χ3n) is 6.97. The van der Waals surface area contributed by atoms with Crippen LogP contribution in [0.15, 0.2) is 48.1 Å². The average molecular weight is 363 g/mol. The van der Waals surface area contributed by atoms with Gasteiger partial charge >= 0.3 is 0 Å². The molecule has 27 heavy (non-hydrogen) atoms. The van der Waals surface area contributed by atoms with E-state index in [1.54, 1.807) is 16.7 Å². The molecular formula is C27H38. The molecule has 0 amide bonds. The molecule has 1 aromatic rings. The topological polar surface area (TPSA) is 0 Å². The lowest BCUT2D eigenvalue weighted by atomic mass is 9.70. The maximum absolute atomic E-state index is 2.56. The first-order chi connectivity index (χ1) is 12.7. The standard InChI is InChI=1S/C27H38/c1-8-15-27(18-22(27)11-10-20(5)9-2)21-12-13-25-24(17-21)23(19(3)4)14-16-26(25,6)7/h9-14,17,19,22H,8,15-16,18H2,1-7H3/b11-10+,20-9+. The van der Waals surface area contributed by atoms with Crippen LogP contribution in [0.2, 0.25) is 0 Å². The predicted octanol–water partition coefficient (Wildman–Crippen LogP) is 7.99. The molecule has 1 saturated carbocycles. The first-order valence-corrected chi connectivity index (χ1v) is 10.9. The molecular weight excluding hydrogens is 324 g/mol. The number of benzene rings is 1. The predicted molar refractivity (Wildman–Crippen MR) is 120 cm³/mol. The second-order valence-corrected chi connectivity index (χ2v) is 9.77. The van der Waals surface area contributed by atoms with Crippen LogP contribution in [0.5, 0.6) is 0 Å². The number of allylic oxidation sites excluding steroid dienone is 6. The van der Waals surface area contributed by atoms with E-state index in [0.717, 1.165) is 6.42 Å². The number of fused-ring (bicyclic) bond motifs is 1. The zero-order valence-electron chi connectivity index (χ0n) is 18.5. The van der Waals surface area contributed by atoms with Crippen LogP contribution in [-0.4, -0.2) is 0 Å². The minimum atomic E-state index is 0.246. The Bertz CT molecular complexity index is 784. The number of hydrogen-bond donors (Lipinski definition) is 0. The molecule has 0 N–H and O–H groups in total. The average Bonchev–Trinajstić information content (AvgIpc) is 3.33. The van der Waals surface area contributed by atoms with Gasteiger partial charge in [0, 0.05) is 5.41 Å². The minimum absolute atomic E-state index is 0.246. The van der Waals surface area contributed by atoms with Crippen LogP contribution in [0.3, 0.4) is 0 Å². The molecule has 0 heteroatoms. The molecule has 0 aliphatic heterocycles. The second kappa shape index (κ2) is 7.46. The molecule has 0 bridgehead atoms. The molecule has 2 unspecified atom stereocenters. The molecule has 1 fully saturated rings. The largest absolute Gasteiger partial charge is 0.0847 e. The van der Waals surface area contributed by atoms with Gasteiger partial charge in [-0.05, 0) is 72.6 Å². The summed E-state index contributed by atoms with van der Waals surface area (Å²) in [6.07, 6.45) is 14.5. The lowest BCUT2D eigenvalue weighted by molar-refractivity contribution is 0.521. The fourth-order valence-corrected chi connectivity index (χ4v) is 4.97. The SMILES string of the molecule is C/C=C(C)/C=C/C1CC1(CCC)c1ccc2c(c1)C(C(C)C)=CCC2(C)C. The Hall–Kier alpha value is -1.56. The van der Waals surface area contributed by atoms with E-state index in [1.165, 1.54) is 30.4 Å². The Morgan fingerprint density at radius 2 is 2.00 bits per heavy atom. The molecule has 0 heterocycles. The number of hydrogen-bond acceptors (Lipinski definition) is 0. The molecule has 2 aliphatic rings. The zero-order valence-corrected chi connectivity index (χ0v) is 18.5. The molecule has 3 rings (SSSR count). The summed E-state index contributed by atoms with van der Waals surface area (Å²) < 4.78 is 0. The van der Waals surface area contributed by atoms with Crippen molar-refractivity contribution in [2.45, 2.75) is 85.0 Å². The summed E-state index contributed by atoms with van der Waals surface area (Å²) in [6.45, 7) is 16.1. The van der Waals surface area contributed by atoms with Crippen LogP contribution in [0.1, 0.15) is 90.8 Å². The van der Waals surface area contributed by atoms with E-state index in [9.17, 15) is 0 Å². The Morgan fingerprint density at radius 1 is 1.26 bits per heavy atom. The van der Waals surface area contributed by atoms with E-state index in [-0.39, 0.29) is 5.41 Å². The zero-order chi connectivity index (χ0) is 19.8. The van der Waals surface area contributed by atoms with Crippen LogP contribution in [0, 0.1) is 11.8 Å². The molecule has 0 aromatic heterocycles. The summed E-state index contributed by atoms with van der Waals surface area (Å²) in [5, 5.41) is 0. The van der Waals surface area contributed by atoms with Gasteiger partial charge in [0.2, 0.25) is 0 Å². The molecule has 0 spiro atoms. The third-order valence-corrected chi connectivity index (χ3v) is 6.97. The van der Waals surface area contributed by atoms with Crippen molar-refractivity contribution in [3.05, 3.63) is 64.8 Å². The summed E-state index contributed by atoms with van der Waals surface area (Å²) in [6, 6.07) is 7.47. The smallest absolute Gasteiger partial charge is 0.00222 e. The fourth-order valence-electron chi connectivity index (χ4n) is 4.97. The van der Waals surface area contributed by atoms with E-state index in [2.05, 4.69) is 91.0 Å². The maximum Gasteiger partial charge on any atom is 0.00222 e. The Labute approximate surface area is 167 Å². The van der Waals surface area contributed by atoms with Crippen molar-refractivity contribution in [2.24, 2.45) is 11.8 Å². The third kappa shape index (κ3) is 3.73. The Kier molecular flexibility index (Phi) is 5.57. The van der Waals surface area contributed by atoms with Crippen LogP contribution in [-0.2, 0) is 10.8 Å². The number of rotatable bonds is 6. The van der Waals surface area contributed by atoms with Crippen LogP contribution in [0.25, 0.3) is 5.57 Å². The first kappa shape index (κ1) is 20.2. The van der Waals surface area contributed by atoms with Gasteiger partial charge < -0.3 is 0 Å². The van der Waals surface area contributed by atoms with Gasteiger partial charge in [0.15, 0.2) is 0 Å². The monoisotopic (exact) mass is 362 g/mol. The van der Waals surface area contributed by atoms with Gasteiger partial charge in [-0.3, -0.25) is 0 Å². The second-order valence-electron chi connectivity index (χ2n) is 9.77. The molecule has 0 saturated heterocycles. The van der Waals surface area contributed by atoms with Crippen LogP contribution in [0.4, 0.5) is 0 Å². The van der Waals surface area contributed by atoms with Crippen molar-refractivity contribution in [3.8, 4) is 0 Å². The minimum Gasteiger partial charge on any atom is -0.0847 e. The summed E-state index contributed by atoms with van der Waals surface area (Å²) in [7, 11) is 0. The van der Waals surface area contributed by atoms with E-state index in [1.807, 2.05) is 0 Å². The van der Waals surface area contributed by atoms with Crippen molar-refractivity contribution in [3.63, 3.8) is 0 Å². The van der Waals surface area contributed by atoms with Crippen molar-refractivity contribution >= 4 is 5.57 Å². The molecule has 2 atom stereocenters. The summed E-state index contributed by atoms with van der Waals surface area (Å²) in [4.78, 5) is 0. The maximum atomic E-state index is 2.56. The van der Waals surface area contributed by atoms with Gasteiger partial charge in [0.1, 0.15) is 0 Å². The van der Waals surface area contributed by atoms with E-state index in [0.29, 0.717) is 17.3 Å². The normalized spacial score (nSPS) is 27.0. The van der Waals surface area contributed by atoms with Crippen LogP contribution < -0.4 is 0 Å². The molecule has 1 aromatic carbocycles. The molecule has 0 radical (unpaired) electrons. The Morgan fingerprint density at radius 3 is 2.63 bits per heavy atom. The van der Waals surface area contributed by atoms with Gasteiger partial charge in [0.05, 0.1) is 0 Å². The van der Waals surface area contributed by atoms with Crippen LogP contribution >= 0.6 is 0 Å². The summed E-state index contributed by atoms with van der Waals surface area (Å²) in [5.74, 6) is 1.28. The van der Waals surface area contributed by atoms with Crippen molar-refractivity contribution in [2.75, 3.05) is 0 Å². The lowest BCUT2D eigenvalue weighted by Crippen LogP contribution is -2.23. The quantitative estimate of drug-likeness (QED) is 0.450. The first-order valence-electron chi connectivity index (χ1n) is 10.9. The highest BCUT2D eigenvalue weighted by atomic mass is 14.6. The highest BCUT2D eigenvalue weighted by Gasteiger charge is 2.53. The van der Waals surface area contributed by atoms with Gasteiger partial charge in [-0.25, -0.2) is 0 Å². The fraction of sp³-hybridized carbons (Fsp3) is 0.556. The van der Waals surface area contributed by atoms with Crippen molar-refractivity contribution in [1.29, 1.82) is 0 Å². The molecule has 2 aliphatic carbocycles. The highest BCUT2D eigenvalue weighted by Crippen LogP contribution is 2.59. The van der Waals surface area contributed by atoms with Gasteiger partial charge in [-0.1, -0.05) is 89.1 Å². The van der Waals surface area contributed by atoms with Crippen molar-refractivity contribution < 1.29 is 0 Å². The van der Waals surface area contributed by atoms with E-state index in [4.69, 9.17) is 0 Å². The van der Waals surface area contributed by atoms with Gasteiger partial charge in [0.25, 0.3) is 0 Å². The van der Waals surface area contributed by atoms with Crippen molar-refractivity contribution in [1.82, 2.24) is 0 Å².